The van der Waals surface area contributed by atoms with E-state index in [1.165, 1.54) is 17.9 Å². The molecule has 1 aliphatic heterocycles. The Hall–Kier alpha value is -2.05. The summed E-state index contributed by atoms with van der Waals surface area (Å²) in [7, 11) is 0. The summed E-state index contributed by atoms with van der Waals surface area (Å²) < 4.78 is 5.64. The highest BCUT2D eigenvalue weighted by atomic mass is 35.5. The molecule has 0 bridgehead atoms. The Balaban J connectivity index is 2.27. The lowest BCUT2D eigenvalue weighted by atomic mass is 9.95. The molecular formula is C15H11Cl2NO5. The van der Waals surface area contributed by atoms with Crippen LogP contribution >= 0.6 is 23.2 Å². The molecule has 0 saturated carbocycles. The molecule has 0 saturated heterocycles. The molecule has 0 radical (unpaired) electrons. The average Bonchev–Trinajstić information content (AvgIpc) is 2.44. The number of alkyl halides is 1. The Labute approximate surface area is 141 Å². The zero-order valence-corrected chi connectivity index (χ0v) is 13.4. The Morgan fingerprint density at radius 1 is 1.43 bits per heavy atom. The van der Waals surface area contributed by atoms with Gasteiger partial charge in [-0.1, -0.05) is 11.6 Å². The van der Waals surface area contributed by atoms with E-state index in [4.69, 9.17) is 27.9 Å². The predicted octanol–water partition coefficient (Wildman–Crippen LogP) is 2.41. The van der Waals surface area contributed by atoms with Crippen molar-refractivity contribution in [3.8, 4) is 0 Å². The van der Waals surface area contributed by atoms with Gasteiger partial charge in [0.1, 0.15) is 11.3 Å². The number of carbonyl (C=O) groups is 3. The summed E-state index contributed by atoms with van der Waals surface area (Å²) in [6.45, 7) is 1.32. The third kappa shape index (κ3) is 2.48. The van der Waals surface area contributed by atoms with E-state index in [9.17, 15) is 19.5 Å². The lowest BCUT2D eigenvalue weighted by molar-refractivity contribution is -0.135. The predicted molar refractivity (Wildman–Crippen MR) is 81.2 cm³/mol. The smallest absolute Gasteiger partial charge is 0.343 e. The number of carboxylic acids is 1. The zero-order valence-electron chi connectivity index (χ0n) is 11.9. The fraction of sp³-hybridized carbons (Fsp3) is 0.267. The van der Waals surface area contributed by atoms with Crippen LogP contribution < -0.4 is 0 Å². The largest absolute Gasteiger partial charge is 0.477 e. The molecule has 0 aromatic heterocycles. The molecule has 3 rings (SSSR count). The first-order chi connectivity index (χ1) is 10.8. The van der Waals surface area contributed by atoms with E-state index in [2.05, 4.69) is 0 Å². The van der Waals surface area contributed by atoms with Crippen molar-refractivity contribution < 1.29 is 24.2 Å². The second kappa shape index (κ2) is 5.54. The van der Waals surface area contributed by atoms with Crippen LogP contribution in [0.15, 0.2) is 45.7 Å². The van der Waals surface area contributed by atoms with Crippen molar-refractivity contribution in [2.45, 2.75) is 25.1 Å². The number of rotatable bonds is 1. The molecule has 3 aliphatic rings. The summed E-state index contributed by atoms with van der Waals surface area (Å²) in [5.74, 6) is -2.29. The fourth-order valence-electron chi connectivity index (χ4n) is 2.72. The zero-order chi connectivity index (χ0) is 16.9. The van der Waals surface area contributed by atoms with E-state index in [0.717, 1.165) is 0 Å². The van der Waals surface area contributed by atoms with Crippen molar-refractivity contribution in [1.29, 1.82) is 0 Å². The van der Waals surface area contributed by atoms with E-state index in [0.29, 0.717) is 10.7 Å². The Bertz CT molecular complexity index is 775. The molecule has 8 heteroatoms. The van der Waals surface area contributed by atoms with Gasteiger partial charge in [-0.05, 0) is 12.2 Å². The number of carbonyl (C=O) groups excluding carboxylic acids is 2. The minimum atomic E-state index is -1.40. The van der Waals surface area contributed by atoms with Gasteiger partial charge in [-0.2, -0.15) is 0 Å². The number of fused-ring (bicyclic) bond motifs is 1. The van der Waals surface area contributed by atoms with Gasteiger partial charge in [0, 0.05) is 24.8 Å². The Kier molecular flexibility index (Phi) is 3.82. The molecule has 1 heterocycles. The van der Waals surface area contributed by atoms with Gasteiger partial charge in [-0.3, -0.25) is 14.5 Å². The highest BCUT2D eigenvalue weighted by Gasteiger charge is 2.41. The summed E-state index contributed by atoms with van der Waals surface area (Å²) in [4.78, 5) is 36.7. The SMILES string of the molecule is CC(=O)N1C2=CCC(=O)C(C(=O)O)=C2OC2=C1C=C(Cl)CC2Cl. The summed E-state index contributed by atoms with van der Waals surface area (Å²) in [6.07, 6.45) is 3.19. The van der Waals surface area contributed by atoms with Gasteiger partial charge in [0.05, 0.1) is 16.8 Å². The van der Waals surface area contributed by atoms with Crippen molar-refractivity contribution in [1.82, 2.24) is 4.90 Å². The molecular weight excluding hydrogens is 345 g/mol. The normalized spacial score (nSPS) is 23.7. The Morgan fingerprint density at radius 2 is 2.13 bits per heavy atom. The molecule has 1 unspecified atom stereocenters. The number of allylic oxidation sites excluding steroid dienone is 4. The van der Waals surface area contributed by atoms with Crippen molar-refractivity contribution >= 4 is 40.9 Å². The highest BCUT2D eigenvalue weighted by molar-refractivity contribution is 6.31. The molecule has 23 heavy (non-hydrogen) atoms. The van der Waals surface area contributed by atoms with Crippen molar-refractivity contribution in [2.75, 3.05) is 0 Å². The van der Waals surface area contributed by atoms with E-state index in [1.54, 1.807) is 6.08 Å². The number of amides is 1. The van der Waals surface area contributed by atoms with Gasteiger partial charge in [0.2, 0.25) is 5.91 Å². The minimum Gasteiger partial charge on any atom is -0.477 e. The van der Waals surface area contributed by atoms with Crippen LogP contribution in [0.1, 0.15) is 19.8 Å². The molecule has 0 fully saturated rings. The number of hydrogen-bond acceptors (Lipinski definition) is 4. The quantitative estimate of drug-likeness (QED) is 0.576. The first-order valence-corrected chi connectivity index (χ1v) is 7.56. The minimum absolute atomic E-state index is 0.127. The van der Waals surface area contributed by atoms with Crippen LogP contribution in [0.4, 0.5) is 0 Å². The van der Waals surface area contributed by atoms with Gasteiger partial charge in [0.25, 0.3) is 0 Å². The molecule has 120 valence electrons. The molecule has 2 aliphatic carbocycles. The number of halogens is 2. The summed E-state index contributed by atoms with van der Waals surface area (Å²) in [5.41, 5.74) is 0.104. The first-order valence-electron chi connectivity index (χ1n) is 6.75. The van der Waals surface area contributed by atoms with E-state index < -0.39 is 22.7 Å². The van der Waals surface area contributed by atoms with Crippen LogP contribution in [0.2, 0.25) is 0 Å². The maximum absolute atomic E-state index is 12.1. The molecule has 0 aromatic rings. The van der Waals surface area contributed by atoms with Crippen molar-refractivity contribution in [3.05, 3.63) is 45.7 Å². The fourth-order valence-corrected chi connectivity index (χ4v) is 3.38. The second-order valence-corrected chi connectivity index (χ2v) is 6.21. The van der Waals surface area contributed by atoms with Crippen LogP contribution in [0.5, 0.6) is 0 Å². The van der Waals surface area contributed by atoms with Crippen LogP contribution in [-0.2, 0) is 19.1 Å². The number of carboxylic acid groups (broad SMARTS) is 1. The number of hydrogen-bond donors (Lipinski definition) is 1. The first kappa shape index (κ1) is 15.8. The molecule has 0 spiro atoms. The number of ketones is 1. The van der Waals surface area contributed by atoms with Gasteiger partial charge in [-0.25, -0.2) is 4.79 Å². The van der Waals surface area contributed by atoms with Gasteiger partial charge >= 0.3 is 5.97 Å². The second-order valence-electron chi connectivity index (χ2n) is 5.19. The number of aliphatic carboxylic acids is 1. The third-order valence-corrected chi connectivity index (χ3v) is 4.26. The van der Waals surface area contributed by atoms with E-state index in [1.807, 2.05) is 0 Å². The standard InChI is InChI=1S/C15H11Cl2NO5/c1-6(19)18-9-2-3-11(20)12(15(21)22)14(9)23-13-8(17)4-7(16)5-10(13)18/h2,5,8H,3-4H2,1H3,(H,21,22). The molecule has 1 amide bonds. The summed E-state index contributed by atoms with van der Waals surface area (Å²) in [6, 6.07) is 0. The summed E-state index contributed by atoms with van der Waals surface area (Å²) in [5, 5.41) is 9.10. The molecule has 0 aromatic carbocycles. The molecule has 1 N–H and O–H groups in total. The lowest BCUT2D eigenvalue weighted by Crippen LogP contribution is -2.38. The summed E-state index contributed by atoms with van der Waals surface area (Å²) >= 11 is 12.3. The maximum Gasteiger partial charge on any atom is 0.343 e. The monoisotopic (exact) mass is 355 g/mol. The topological polar surface area (TPSA) is 83.9 Å². The van der Waals surface area contributed by atoms with Gasteiger partial charge < -0.3 is 9.84 Å². The lowest BCUT2D eigenvalue weighted by Gasteiger charge is -2.38. The number of nitrogens with zero attached hydrogens (tertiary/aromatic N) is 1. The maximum atomic E-state index is 12.1. The van der Waals surface area contributed by atoms with Crippen molar-refractivity contribution in [3.63, 3.8) is 0 Å². The third-order valence-electron chi connectivity index (χ3n) is 3.65. The number of Topliss-reactive ketones (excluding diaryl/α,β-unsaturated/α-hetero) is 1. The Morgan fingerprint density at radius 3 is 2.74 bits per heavy atom. The average molecular weight is 356 g/mol. The van der Waals surface area contributed by atoms with Gasteiger partial charge in [0.15, 0.2) is 11.5 Å². The van der Waals surface area contributed by atoms with Crippen LogP contribution in [0.25, 0.3) is 0 Å². The molecule has 1 atom stereocenters. The van der Waals surface area contributed by atoms with Crippen LogP contribution in [0, 0.1) is 0 Å². The van der Waals surface area contributed by atoms with Crippen LogP contribution in [0.3, 0.4) is 0 Å². The van der Waals surface area contributed by atoms with E-state index in [-0.39, 0.29) is 36.0 Å². The van der Waals surface area contributed by atoms with Gasteiger partial charge in [-0.15, -0.1) is 11.6 Å². The molecule has 6 nitrogen and oxygen atoms in total. The van der Waals surface area contributed by atoms with E-state index >= 15 is 0 Å². The van der Waals surface area contributed by atoms with Crippen LogP contribution in [-0.4, -0.2) is 33.0 Å². The van der Waals surface area contributed by atoms with Crippen molar-refractivity contribution in [2.24, 2.45) is 0 Å². The number of ether oxygens (including phenoxy) is 1. The highest BCUT2D eigenvalue weighted by Crippen LogP contribution is 2.43.